The molecule has 3 heterocycles. The van der Waals surface area contributed by atoms with E-state index in [2.05, 4.69) is 25.6 Å². The van der Waals surface area contributed by atoms with Gasteiger partial charge in [0.05, 0.1) is 18.6 Å². The summed E-state index contributed by atoms with van der Waals surface area (Å²) in [5.41, 5.74) is 2.08. The van der Waals surface area contributed by atoms with Crippen LogP contribution in [0.25, 0.3) is 11.3 Å². The molecule has 0 saturated carbocycles. The molecular weight excluding hydrogens is 385 g/mol. The number of anilines is 1. The first-order chi connectivity index (χ1) is 13.6. The number of nitrogens with one attached hydrogen (secondary N) is 3. The minimum Gasteiger partial charge on any atom is -0.363 e. The summed E-state index contributed by atoms with van der Waals surface area (Å²) >= 11 is 1.25. The van der Waals surface area contributed by atoms with Crippen LogP contribution in [0.2, 0.25) is 0 Å². The van der Waals surface area contributed by atoms with Crippen molar-refractivity contribution in [1.82, 2.24) is 20.3 Å². The molecule has 4 rings (SSSR count). The normalized spacial score (nSPS) is 16.4. The van der Waals surface area contributed by atoms with Gasteiger partial charge in [0.2, 0.25) is 5.91 Å². The SMILES string of the molecule is O=C(Nc1nc(-c2ccc(F)cc2)cs1)C(Cc1cnc[nH]1)NC(=O)C1CO1. The Hall–Kier alpha value is -3.11. The average molecular weight is 401 g/mol. The maximum atomic E-state index is 13.1. The summed E-state index contributed by atoms with van der Waals surface area (Å²) in [5.74, 6) is -1.06. The lowest BCUT2D eigenvalue weighted by Crippen LogP contribution is -2.46. The first kappa shape index (κ1) is 18.3. The van der Waals surface area contributed by atoms with Gasteiger partial charge in [0, 0.05) is 29.3 Å². The lowest BCUT2D eigenvalue weighted by atomic mass is 10.1. The van der Waals surface area contributed by atoms with Crippen LogP contribution in [0.4, 0.5) is 9.52 Å². The number of H-pyrrole nitrogens is 1. The molecule has 3 aromatic rings. The van der Waals surface area contributed by atoms with Gasteiger partial charge in [-0.1, -0.05) is 0 Å². The highest BCUT2D eigenvalue weighted by Crippen LogP contribution is 2.25. The zero-order chi connectivity index (χ0) is 19.5. The van der Waals surface area contributed by atoms with Gasteiger partial charge in [0.1, 0.15) is 11.9 Å². The standard InChI is InChI=1S/C18H16FN5O3S/c19-11-3-1-10(2-4-11)14-8-28-18(23-14)24-16(25)13(5-12-6-20-9-21-12)22-17(26)15-7-27-15/h1-4,6,8-9,13,15H,5,7H2,(H,20,21)(H,22,26)(H,23,24,25). The van der Waals surface area contributed by atoms with Crippen LogP contribution in [0.1, 0.15) is 5.69 Å². The topological polar surface area (TPSA) is 112 Å². The molecule has 2 atom stereocenters. The fraction of sp³-hybridized carbons (Fsp3) is 0.222. The smallest absolute Gasteiger partial charge is 0.252 e. The second-order valence-corrected chi connectivity index (χ2v) is 7.06. The number of carbonyl (C=O) groups is 2. The third-order valence-corrected chi connectivity index (χ3v) is 4.87. The molecule has 0 aliphatic carbocycles. The number of epoxide rings is 1. The third kappa shape index (κ3) is 4.41. The highest BCUT2D eigenvalue weighted by Gasteiger charge is 2.34. The number of halogens is 1. The van der Waals surface area contributed by atoms with Crippen LogP contribution in [0.5, 0.6) is 0 Å². The van der Waals surface area contributed by atoms with Crippen molar-refractivity contribution in [2.75, 3.05) is 11.9 Å². The van der Waals surface area contributed by atoms with E-state index in [-0.39, 0.29) is 18.1 Å². The molecule has 1 aliphatic heterocycles. The maximum Gasteiger partial charge on any atom is 0.252 e. The number of hydrogen-bond acceptors (Lipinski definition) is 6. The molecule has 0 bridgehead atoms. The van der Waals surface area contributed by atoms with Crippen LogP contribution in [0, 0.1) is 5.82 Å². The van der Waals surface area contributed by atoms with E-state index < -0.39 is 18.1 Å². The number of thiazole rings is 1. The van der Waals surface area contributed by atoms with E-state index in [4.69, 9.17) is 4.74 Å². The molecule has 2 amide bonds. The minimum atomic E-state index is -0.810. The number of hydrogen-bond donors (Lipinski definition) is 3. The second-order valence-electron chi connectivity index (χ2n) is 6.20. The number of imidazole rings is 1. The maximum absolute atomic E-state index is 13.1. The number of aromatic amines is 1. The van der Waals surface area contributed by atoms with E-state index in [1.54, 1.807) is 23.7 Å². The Labute approximate surface area is 163 Å². The molecule has 1 saturated heterocycles. The summed E-state index contributed by atoms with van der Waals surface area (Å²) in [6, 6.07) is 5.13. The van der Waals surface area contributed by atoms with Gasteiger partial charge >= 0.3 is 0 Å². The number of carbonyl (C=O) groups excluding carboxylic acids is 2. The van der Waals surface area contributed by atoms with Gasteiger partial charge in [-0.25, -0.2) is 14.4 Å². The van der Waals surface area contributed by atoms with Gasteiger partial charge in [0.25, 0.3) is 5.91 Å². The lowest BCUT2D eigenvalue weighted by Gasteiger charge is -2.16. The summed E-state index contributed by atoms with van der Waals surface area (Å²) in [6.07, 6.45) is 2.85. The predicted octanol–water partition coefficient (Wildman–Crippen LogP) is 1.74. The van der Waals surface area contributed by atoms with Gasteiger partial charge in [-0.2, -0.15) is 0 Å². The predicted molar refractivity (Wildman–Crippen MR) is 100 cm³/mol. The van der Waals surface area contributed by atoms with E-state index >= 15 is 0 Å². The second kappa shape index (κ2) is 7.87. The van der Waals surface area contributed by atoms with E-state index in [1.165, 1.54) is 29.8 Å². The van der Waals surface area contributed by atoms with Crippen LogP contribution in [-0.2, 0) is 20.7 Å². The highest BCUT2D eigenvalue weighted by molar-refractivity contribution is 7.14. The first-order valence-electron chi connectivity index (χ1n) is 8.50. The molecule has 1 fully saturated rings. The molecule has 0 radical (unpaired) electrons. The Bertz CT molecular complexity index is 970. The quantitative estimate of drug-likeness (QED) is 0.522. The van der Waals surface area contributed by atoms with Crippen molar-refractivity contribution < 1.29 is 18.7 Å². The fourth-order valence-electron chi connectivity index (χ4n) is 2.57. The van der Waals surface area contributed by atoms with Crippen molar-refractivity contribution in [1.29, 1.82) is 0 Å². The van der Waals surface area contributed by atoms with Crippen LogP contribution in [-0.4, -0.2) is 45.5 Å². The molecule has 144 valence electrons. The molecule has 8 nitrogen and oxygen atoms in total. The average Bonchev–Trinajstić information content (AvgIpc) is 3.23. The zero-order valence-electron chi connectivity index (χ0n) is 14.5. The van der Waals surface area contributed by atoms with Crippen molar-refractivity contribution in [2.24, 2.45) is 0 Å². The summed E-state index contributed by atoms with van der Waals surface area (Å²) in [6.45, 7) is 0.359. The van der Waals surface area contributed by atoms with Crippen LogP contribution < -0.4 is 10.6 Å². The molecule has 2 aromatic heterocycles. The third-order valence-electron chi connectivity index (χ3n) is 4.11. The van der Waals surface area contributed by atoms with Gasteiger partial charge in [-0.05, 0) is 24.3 Å². The molecular formula is C18H16FN5O3S. The summed E-state index contributed by atoms with van der Waals surface area (Å²) in [4.78, 5) is 36.0. The minimum absolute atomic E-state index is 0.250. The molecule has 1 aliphatic rings. The monoisotopic (exact) mass is 401 g/mol. The molecule has 10 heteroatoms. The molecule has 1 aromatic carbocycles. The van der Waals surface area contributed by atoms with Crippen molar-refractivity contribution >= 4 is 28.3 Å². The lowest BCUT2D eigenvalue weighted by molar-refractivity contribution is -0.127. The van der Waals surface area contributed by atoms with Gasteiger partial charge in [-0.3, -0.25) is 9.59 Å². The van der Waals surface area contributed by atoms with E-state index in [0.717, 1.165) is 5.56 Å². The van der Waals surface area contributed by atoms with Crippen molar-refractivity contribution in [3.63, 3.8) is 0 Å². The van der Waals surface area contributed by atoms with Crippen LogP contribution in [0.15, 0.2) is 42.2 Å². The Kier molecular flexibility index (Phi) is 5.13. The number of nitrogens with zero attached hydrogens (tertiary/aromatic N) is 2. The molecule has 28 heavy (non-hydrogen) atoms. The Morgan fingerprint density at radius 1 is 1.36 bits per heavy atom. The van der Waals surface area contributed by atoms with Crippen molar-refractivity contribution in [3.05, 3.63) is 53.7 Å². The number of benzene rings is 1. The number of ether oxygens (including phenoxy) is 1. The molecule has 2 unspecified atom stereocenters. The van der Waals surface area contributed by atoms with Crippen LogP contribution in [0.3, 0.4) is 0 Å². The Morgan fingerprint density at radius 3 is 2.82 bits per heavy atom. The van der Waals surface area contributed by atoms with Gasteiger partial charge in [-0.15, -0.1) is 11.3 Å². The largest absolute Gasteiger partial charge is 0.363 e. The van der Waals surface area contributed by atoms with E-state index in [1.807, 2.05) is 0 Å². The number of aromatic nitrogens is 3. The van der Waals surface area contributed by atoms with E-state index in [9.17, 15) is 14.0 Å². The van der Waals surface area contributed by atoms with Crippen molar-refractivity contribution in [3.8, 4) is 11.3 Å². The van der Waals surface area contributed by atoms with Crippen LogP contribution >= 0.6 is 11.3 Å². The Balaban J connectivity index is 1.45. The van der Waals surface area contributed by atoms with Crippen molar-refractivity contribution in [2.45, 2.75) is 18.6 Å². The van der Waals surface area contributed by atoms with Gasteiger partial charge in [0.15, 0.2) is 11.2 Å². The summed E-state index contributed by atoms with van der Waals surface area (Å²) in [7, 11) is 0. The fourth-order valence-corrected chi connectivity index (χ4v) is 3.29. The Morgan fingerprint density at radius 2 is 2.14 bits per heavy atom. The summed E-state index contributed by atoms with van der Waals surface area (Å²) in [5, 5.41) is 7.57. The molecule has 3 N–H and O–H groups in total. The first-order valence-corrected chi connectivity index (χ1v) is 9.38. The number of rotatable bonds is 7. The van der Waals surface area contributed by atoms with Gasteiger partial charge < -0.3 is 20.4 Å². The number of amides is 2. The zero-order valence-corrected chi connectivity index (χ0v) is 15.3. The van der Waals surface area contributed by atoms with E-state index in [0.29, 0.717) is 23.1 Å². The highest BCUT2D eigenvalue weighted by atomic mass is 32.1. The molecule has 0 spiro atoms. The summed E-state index contributed by atoms with van der Waals surface area (Å²) < 4.78 is 18.0.